The zero-order chi connectivity index (χ0) is 22.5. The van der Waals surface area contributed by atoms with Gasteiger partial charge in [0.15, 0.2) is 21.8 Å². The summed E-state index contributed by atoms with van der Waals surface area (Å²) in [4.78, 5) is 31.9. The molecule has 33 heavy (non-hydrogen) atoms. The first kappa shape index (κ1) is 20.3. The summed E-state index contributed by atoms with van der Waals surface area (Å²) in [6.45, 7) is 2.38. The Labute approximate surface area is 195 Å². The van der Waals surface area contributed by atoms with Crippen LogP contribution in [0.15, 0.2) is 30.6 Å². The van der Waals surface area contributed by atoms with E-state index in [9.17, 15) is 4.79 Å². The first-order valence-electron chi connectivity index (χ1n) is 11.5. The van der Waals surface area contributed by atoms with Gasteiger partial charge in [0.2, 0.25) is 5.82 Å². The standard InChI is InChI=1S/C23H26N8OS/c1-29-19-18(28-21(29)22(32)24-12-14-6-7-14)20(26-13-25-19)30-10-8-15(9-11-30)31-17-5-3-2-4-16(17)27-23(31)33/h2-5,13-15H,6-12H2,1H3,(H,24,32)(H,27,33). The van der Waals surface area contributed by atoms with E-state index >= 15 is 0 Å². The van der Waals surface area contributed by atoms with Crippen LogP contribution in [-0.4, -0.2) is 54.6 Å². The number of fused-ring (bicyclic) bond motifs is 2. The summed E-state index contributed by atoms with van der Waals surface area (Å²) in [5.41, 5.74) is 3.58. The van der Waals surface area contributed by atoms with Crippen LogP contribution in [0.2, 0.25) is 0 Å². The molecule has 4 heterocycles. The summed E-state index contributed by atoms with van der Waals surface area (Å²) >= 11 is 5.63. The summed E-state index contributed by atoms with van der Waals surface area (Å²) in [6.07, 6.45) is 5.84. The molecular weight excluding hydrogens is 436 g/mol. The first-order valence-corrected chi connectivity index (χ1v) is 11.9. The predicted molar refractivity (Wildman–Crippen MR) is 129 cm³/mol. The van der Waals surface area contributed by atoms with E-state index < -0.39 is 0 Å². The van der Waals surface area contributed by atoms with Crippen molar-refractivity contribution in [2.45, 2.75) is 31.7 Å². The highest BCUT2D eigenvalue weighted by Gasteiger charge is 2.28. The van der Waals surface area contributed by atoms with Crippen LogP contribution >= 0.6 is 12.2 Å². The van der Waals surface area contributed by atoms with Crippen molar-refractivity contribution in [2.24, 2.45) is 13.0 Å². The number of piperidine rings is 1. The summed E-state index contributed by atoms with van der Waals surface area (Å²) in [5, 5.41) is 3.00. The lowest BCUT2D eigenvalue weighted by molar-refractivity contribution is 0.0939. The van der Waals surface area contributed by atoms with Gasteiger partial charge in [0, 0.05) is 32.7 Å². The van der Waals surface area contributed by atoms with Gasteiger partial charge >= 0.3 is 0 Å². The second kappa shape index (κ2) is 7.95. The quantitative estimate of drug-likeness (QED) is 0.442. The molecule has 1 amide bonds. The Morgan fingerprint density at radius 3 is 2.76 bits per heavy atom. The third-order valence-corrected chi connectivity index (χ3v) is 7.14. The minimum absolute atomic E-state index is 0.152. The number of carbonyl (C=O) groups is 1. The lowest BCUT2D eigenvalue weighted by atomic mass is 10.0. The smallest absolute Gasteiger partial charge is 0.287 e. The van der Waals surface area contributed by atoms with Crippen molar-refractivity contribution in [3.63, 3.8) is 0 Å². The zero-order valence-electron chi connectivity index (χ0n) is 18.5. The minimum atomic E-state index is -0.152. The van der Waals surface area contributed by atoms with Gasteiger partial charge in [-0.3, -0.25) is 4.79 Å². The molecule has 1 aliphatic heterocycles. The maximum atomic E-state index is 12.7. The van der Waals surface area contributed by atoms with Gasteiger partial charge in [0.05, 0.1) is 11.0 Å². The predicted octanol–water partition coefficient (Wildman–Crippen LogP) is 3.36. The average Bonchev–Trinajstić information content (AvgIpc) is 3.52. The summed E-state index contributed by atoms with van der Waals surface area (Å²) in [7, 11) is 1.84. The van der Waals surface area contributed by atoms with Crippen molar-refractivity contribution in [1.82, 2.24) is 34.4 Å². The summed E-state index contributed by atoms with van der Waals surface area (Å²) in [6, 6.07) is 8.58. The molecule has 0 unspecified atom stereocenters. The molecule has 170 valence electrons. The van der Waals surface area contributed by atoms with E-state index in [2.05, 4.69) is 46.9 Å². The first-order chi connectivity index (χ1) is 16.1. The van der Waals surface area contributed by atoms with Crippen molar-refractivity contribution >= 4 is 46.1 Å². The molecule has 1 saturated carbocycles. The number of aromatic nitrogens is 6. The van der Waals surface area contributed by atoms with Crippen LogP contribution in [0, 0.1) is 10.7 Å². The number of aryl methyl sites for hydroxylation is 1. The van der Waals surface area contributed by atoms with Crippen molar-refractivity contribution in [3.05, 3.63) is 41.2 Å². The number of amides is 1. The van der Waals surface area contributed by atoms with Crippen LogP contribution in [0.5, 0.6) is 0 Å². The number of carbonyl (C=O) groups excluding carboxylic acids is 1. The van der Waals surface area contributed by atoms with E-state index in [-0.39, 0.29) is 5.91 Å². The SMILES string of the molecule is Cn1c(C(=O)NCC2CC2)nc2c(N3CCC(n4c(=S)[nH]c5ccccc54)CC3)ncnc21. The van der Waals surface area contributed by atoms with Gasteiger partial charge in [-0.2, -0.15) is 0 Å². The van der Waals surface area contributed by atoms with Gasteiger partial charge in [0.25, 0.3) is 5.91 Å². The third-order valence-electron chi connectivity index (χ3n) is 6.84. The highest BCUT2D eigenvalue weighted by Crippen LogP contribution is 2.32. The Morgan fingerprint density at radius 2 is 1.97 bits per heavy atom. The van der Waals surface area contributed by atoms with Crippen molar-refractivity contribution < 1.29 is 4.79 Å². The zero-order valence-corrected chi connectivity index (χ0v) is 19.3. The van der Waals surface area contributed by atoms with Gasteiger partial charge in [-0.05, 0) is 56.0 Å². The molecule has 2 aliphatic rings. The molecule has 1 aromatic carbocycles. The maximum absolute atomic E-state index is 12.7. The van der Waals surface area contributed by atoms with Crippen LogP contribution in [0.4, 0.5) is 5.82 Å². The Bertz CT molecular complexity index is 1410. The van der Waals surface area contributed by atoms with Crippen LogP contribution in [0.3, 0.4) is 0 Å². The van der Waals surface area contributed by atoms with Gasteiger partial charge in [0.1, 0.15) is 6.33 Å². The highest BCUT2D eigenvalue weighted by molar-refractivity contribution is 7.71. The van der Waals surface area contributed by atoms with Gasteiger partial charge < -0.3 is 24.3 Å². The Kier molecular flexibility index (Phi) is 4.90. The number of para-hydroxylation sites is 2. The fourth-order valence-corrected chi connectivity index (χ4v) is 5.19. The Morgan fingerprint density at radius 1 is 1.18 bits per heavy atom. The van der Waals surface area contributed by atoms with Crippen LogP contribution < -0.4 is 10.2 Å². The van der Waals surface area contributed by atoms with Crippen LogP contribution in [-0.2, 0) is 7.05 Å². The molecule has 10 heteroatoms. The molecule has 1 saturated heterocycles. The van der Waals surface area contributed by atoms with Crippen molar-refractivity contribution in [3.8, 4) is 0 Å². The summed E-state index contributed by atoms with van der Waals surface area (Å²) < 4.78 is 4.78. The van der Waals surface area contributed by atoms with Crippen molar-refractivity contribution in [1.29, 1.82) is 0 Å². The molecule has 1 aliphatic carbocycles. The largest absolute Gasteiger partial charge is 0.355 e. The lowest BCUT2D eigenvalue weighted by Gasteiger charge is -2.33. The van der Waals surface area contributed by atoms with E-state index in [1.54, 1.807) is 10.9 Å². The fraction of sp³-hybridized carbons (Fsp3) is 0.435. The minimum Gasteiger partial charge on any atom is -0.355 e. The van der Waals surface area contributed by atoms with E-state index in [1.807, 2.05) is 19.2 Å². The molecule has 0 radical (unpaired) electrons. The molecule has 6 rings (SSSR count). The van der Waals surface area contributed by atoms with Gasteiger partial charge in [-0.25, -0.2) is 15.0 Å². The summed E-state index contributed by atoms with van der Waals surface area (Å²) in [5.74, 6) is 1.64. The number of aromatic amines is 1. The second-order valence-corrected chi connectivity index (χ2v) is 9.44. The molecule has 2 N–H and O–H groups in total. The molecular formula is C23H26N8OS. The fourth-order valence-electron chi connectivity index (χ4n) is 4.83. The van der Waals surface area contributed by atoms with Crippen LogP contribution in [0.1, 0.15) is 42.3 Å². The average molecular weight is 463 g/mol. The normalized spacial score (nSPS) is 17.2. The second-order valence-electron chi connectivity index (χ2n) is 9.05. The molecule has 4 aromatic rings. The van der Waals surface area contributed by atoms with E-state index in [0.717, 1.165) is 47.6 Å². The molecule has 0 spiro atoms. The third kappa shape index (κ3) is 3.58. The lowest BCUT2D eigenvalue weighted by Crippen LogP contribution is -2.35. The molecule has 2 fully saturated rings. The number of rotatable bonds is 5. The van der Waals surface area contributed by atoms with E-state index in [0.29, 0.717) is 35.5 Å². The van der Waals surface area contributed by atoms with E-state index in [4.69, 9.17) is 12.2 Å². The number of imidazole rings is 2. The van der Waals surface area contributed by atoms with Crippen molar-refractivity contribution in [2.75, 3.05) is 24.5 Å². The number of hydrogen-bond donors (Lipinski definition) is 2. The maximum Gasteiger partial charge on any atom is 0.287 e. The van der Waals surface area contributed by atoms with Gasteiger partial charge in [-0.1, -0.05) is 12.1 Å². The number of nitrogens with one attached hydrogen (secondary N) is 2. The van der Waals surface area contributed by atoms with Crippen LogP contribution in [0.25, 0.3) is 22.2 Å². The number of benzene rings is 1. The molecule has 3 aromatic heterocycles. The topological polar surface area (TPSA) is 96.7 Å². The number of anilines is 1. The van der Waals surface area contributed by atoms with E-state index in [1.165, 1.54) is 12.8 Å². The number of hydrogen-bond acceptors (Lipinski definition) is 6. The molecule has 0 atom stereocenters. The van der Waals surface area contributed by atoms with Gasteiger partial charge in [-0.15, -0.1) is 0 Å². The highest BCUT2D eigenvalue weighted by atomic mass is 32.1. The Hall–Kier alpha value is -3.27. The Balaban J connectivity index is 1.25. The molecule has 9 nitrogen and oxygen atoms in total. The number of H-pyrrole nitrogens is 1. The monoisotopic (exact) mass is 462 g/mol. The molecule has 0 bridgehead atoms. The number of nitrogens with zero attached hydrogens (tertiary/aromatic N) is 6.